The number of rotatable bonds is 11. The third-order valence-corrected chi connectivity index (χ3v) is 7.53. The zero-order chi connectivity index (χ0) is 31.1. The van der Waals surface area contributed by atoms with Crippen LogP contribution in [0.4, 0.5) is 30.1 Å². The molecule has 226 valence electrons. The fourth-order valence-electron chi connectivity index (χ4n) is 4.21. The first-order valence-electron chi connectivity index (χ1n) is 13.3. The smallest absolute Gasteiger partial charge is 0.415 e. The fraction of sp³-hybridized carbons (Fsp3) is 0.267. The van der Waals surface area contributed by atoms with Crippen LogP contribution in [0, 0.1) is 11.6 Å². The second kappa shape index (κ2) is 14.0. The highest BCUT2D eigenvalue weighted by Gasteiger charge is 2.33. The lowest BCUT2D eigenvalue weighted by molar-refractivity contribution is 0.102. The van der Waals surface area contributed by atoms with Crippen LogP contribution in [0.1, 0.15) is 34.8 Å². The summed E-state index contributed by atoms with van der Waals surface area (Å²) in [7, 11) is 5.11. The molecule has 43 heavy (non-hydrogen) atoms. The second-order valence-corrected chi connectivity index (χ2v) is 10.8. The van der Waals surface area contributed by atoms with E-state index in [-0.39, 0.29) is 34.4 Å². The molecule has 4 aromatic rings. The number of halogens is 2. The molecule has 2 amide bonds. The zero-order valence-corrected chi connectivity index (χ0v) is 25.0. The van der Waals surface area contributed by atoms with Crippen molar-refractivity contribution in [3.63, 3.8) is 0 Å². The Bertz CT molecular complexity index is 1560. The molecule has 0 atom stereocenters. The van der Waals surface area contributed by atoms with E-state index < -0.39 is 30.2 Å². The van der Waals surface area contributed by atoms with Crippen LogP contribution in [0.3, 0.4) is 0 Å². The van der Waals surface area contributed by atoms with Gasteiger partial charge in [0.05, 0.1) is 25.8 Å². The summed E-state index contributed by atoms with van der Waals surface area (Å²) in [5.41, 5.74) is 7.56. The van der Waals surface area contributed by atoms with Crippen molar-refractivity contribution in [1.29, 1.82) is 0 Å². The molecule has 0 radical (unpaired) electrons. The van der Waals surface area contributed by atoms with Crippen LogP contribution >= 0.6 is 11.3 Å². The first kappa shape index (κ1) is 31.3. The molecule has 4 rings (SSSR count). The minimum absolute atomic E-state index is 0.0683. The van der Waals surface area contributed by atoms with Crippen LogP contribution in [0.5, 0.6) is 5.88 Å². The summed E-state index contributed by atoms with van der Waals surface area (Å²) in [5, 5.41) is 10.8. The van der Waals surface area contributed by atoms with Gasteiger partial charge in [0, 0.05) is 28.7 Å². The number of carbonyl (C=O) groups is 2. The van der Waals surface area contributed by atoms with Crippen LogP contribution < -0.4 is 20.7 Å². The van der Waals surface area contributed by atoms with E-state index in [4.69, 9.17) is 15.2 Å². The maximum atomic E-state index is 14.9. The molecule has 0 aliphatic rings. The number of nitrogens with zero attached hydrogens (tertiary/aromatic N) is 4. The standard InChI is InChI=1S/C30H32F2N6O4S/c1-5-15-42-30(40)38(17-20-22(31)7-6-8-23(20)32)29-26(28(39)34-24-13-14-25(41-4)36-35-24)21(16-37(2)3)27(43-29)18-9-11-19(33)12-10-18/h6-14H,5,15-17,33H2,1-4H3,(H,34,35,39). The number of thiophene rings is 1. The summed E-state index contributed by atoms with van der Waals surface area (Å²) in [4.78, 5) is 31.2. The van der Waals surface area contributed by atoms with Crippen molar-refractivity contribution in [3.05, 3.63) is 82.9 Å². The molecule has 0 aliphatic heterocycles. The van der Waals surface area contributed by atoms with Gasteiger partial charge in [-0.3, -0.25) is 9.69 Å². The number of hydrogen-bond acceptors (Lipinski definition) is 9. The van der Waals surface area contributed by atoms with Crippen molar-refractivity contribution < 1.29 is 27.8 Å². The summed E-state index contributed by atoms with van der Waals surface area (Å²) in [6.07, 6.45) is -0.339. The Morgan fingerprint density at radius 2 is 1.67 bits per heavy atom. The summed E-state index contributed by atoms with van der Waals surface area (Å²) in [6, 6.07) is 13.6. The summed E-state index contributed by atoms with van der Waals surface area (Å²) in [6.45, 7) is 1.66. The number of benzene rings is 2. The van der Waals surface area contributed by atoms with Gasteiger partial charge in [0.2, 0.25) is 5.88 Å². The molecule has 2 heterocycles. The predicted octanol–water partition coefficient (Wildman–Crippen LogP) is 5.94. The summed E-state index contributed by atoms with van der Waals surface area (Å²) < 4.78 is 40.2. The van der Waals surface area contributed by atoms with E-state index in [0.29, 0.717) is 29.1 Å². The number of amides is 2. The van der Waals surface area contributed by atoms with E-state index in [2.05, 4.69) is 15.5 Å². The number of hydrogen-bond donors (Lipinski definition) is 2. The highest BCUT2D eigenvalue weighted by Crippen LogP contribution is 2.44. The highest BCUT2D eigenvalue weighted by molar-refractivity contribution is 7.20. The molecule has 2 aromatic heterocycles. The van der Waals surface area contributed by atoms with Crippen LogP contribution in [0.15, 0.2) is 54.6 Å². The van der Waals surface area contributed by atoms with Gasteiger partial charge < -0.3 is 25.4 Å². The molecular formula is C30H32F2N6O4S. The SMILES string of the molecule is CCCOC(=O)N(Cc1c(F)cccc1F)c1sc(-c2ccc(N)cc2)c(CN(C)C)c1C(=O)Nc1ccc(OC)nn1. The van der Waals surface area contributed by atoms with E-state index in [1.165, 1.54) is 25.3 Å². The van der Waals surface area contributed by atoms with E-state index in [1.807, 2.05) is 25.9 Å². The molecule has 2 aromatic carbocycles. The number of methoxy groups -OCH3 is 1. The minimum Gasteiger partial charge on any atom is -0.480 e. The minimum atomic E-state index is -0.857. The summed E-state index contributed by atoms with van der Waals surface area (Å²) >= 11 is 1.13. The molecule has 0 aliphatic carbocycles. The fourth-order valence-corrected chi connectivity index (χ4v) is 5.52. The van der Waals surface area contributed by atoms with Crippen molar-refractivity contribution in [2.24, 2.45) is 0 Å². The quantitative estimate of drug-likeness (QED) is 0.200. The van der Waals surface area contributed by atoms with Gasteiger partial charge in [-0.1, -0.05) is 25.1 Å². The number of nitrogen functional groups attached to an aromatic ring is 1. The highest BCUT2D eigenvalue weighted by atomic mass is 32.1. The largest absolute Gasteiger partial charge is 0.480 e. The predicted molar refractivity (Wildman–Crippen MR) is 162 cm³/mol. The first-order chi connectivity index (χ1) is 20.6. The number of ether oxygens (including phenoxy) is 2. The molecule has 0 bridgehead atoms. The maximum absolute atomic E-state index is 14.9. The number of nitrogens with two attached hydrogens (primary N) is 1. The Balaban J connectivity index is 1.94. The zero-order valence-electron chi connectivity index (χ0n) is 24.2. The van der Waals surface area contributed by atoms with E-state index in [1.54, 1.807) is 24.3 Å². The molecule has 0 saturated heterocycles. The van der Waals surface area contributed by atoms with Gasteiger partial charge in [-0.05, 0) is 62.0 Å². The third-order valence-electron chi connectivity index (χ3n) is 6.23. The Morgan fingerprint density at radius 1 is 0.977 bits per heavy atom. The molecule has 10 nitrogen and oxygen atoms in total. The van der Waals surface area contributed by atoms with Gasteiger partial charge in [0.15, 0.2) is 5.82 Å². The van der Waals surface area contributed by atoms with Crippen molar-refractivity contribution in [1.82, 2.24) is 15.1 Å². The Kier molecular flexibility index (Phi) is 10.2. The maximum Gasteiger partial charge on any atom is 0.415 e. The van der Waals surface area contributed by atoms with Gasteiger partial charge in [0.25, 0.3) is 5.91 Å². The van der Waals surface area contributed by atoms with Crippen molar-refractivity contribution in [2.75, 3.05) is 43.8 Å². The lowest BCUT2D eigenvalue weighted by Gasteiger charge is -2.23. The van der Waals surface area contributed by atoms with E-state index in [0.717, 1.165) is 33.9 Å². The monoisotopic (exact) mass is 610 g/mol. The van der Waals surface area contributed by atoms with Gasteiger partial charge in [-0.15, -0.1) is 21.5 Å². The second-order valence-electron chi connectivity index (χ2n) is 9.77. The van der Waals surface area contributed by atoms with Crippen LogP contribution in [0.2, 0.25) is 0 Å². The van der Waals surface area contributed by atoms with E-state index >= 15 is 0 Å². The number of anilines is 3. The molecular weight excluding hydrogens is 578 g/mol. The van der Waals surface area contributed by atoms with Crippen molar-refractivity contribution in [2.45, 2.75) is 26.4 Å². The summed E-state index contributed by atoms with van der Waals surface area (Å²) in [5.74, 6) is -1.89. The lowest BCUT2D eigenvalue weighted by Crippen LogP contribution is -2.33. The van der Waals surface area contributed by atoms with Crippen LogP contribution in [0.25, 0.3) is 10.4 Å². The number of aromatic nitrogens is 2. The number of nitrogens with one attached hydrogen (secondary N) is 1. The molecule has 0 fully saturated rings. The van der Waals surface area contributed by atoms with Crippen LogP contribution in [-0.2, 0) is 17.8 Å². The topological polar surface area (TPSA) is 123 Å². The van der Waals surface area contributed by atoms with Gasteiger partial charge in [0.1, 0.15) is 16.6 Å². The van der Waals surface area contributed by atoms with Gasteiger partial charge in [-0.2, -0.15) is 0 Å². The van der Waals surface area contributed by atoms with Crippen molar-refractivity contribution in [3.8, 4) is 16.3 Å². The Hall–Kier alpha value is -4.62. The molecule has 0 spiro atoms. The molecule has 0 saturated carbocycles. The van der Waals surface area contributed by atoms with Gasteiger partial charge in [-0.25, -0.2) is 13.6 Å². The average Bonchev–Trinajstić information content (AvgIpc) is 3.34. The molecule has 13 heteroatoms. The Labute approximate surface area is 252 Å². The lowest BCUT2D eigenvalue weighted by atomic mass is 10.0. The van der Waals surface area contributed by atoms with Crippen molar-refractivity contribution >= 4 is 39.8 Å². The molecule has 3 N–H and O–H groups in total. The van der Waals surface area contributed by atoms with Crippen LogP contribution in [-0.4, -0.2) is 54.9 Å². The Morgan fingerprint density at radius 3 is 2.26 bits per heavy atom. The molecule has 0 unspecified atom stereocenters. The average molecular weight is 611 g/mol. The normalized spacial score (nSPS) is 11.0. The van der Waals surface area contributed by atoms with E-state index in [9.17, 15) is 18.4 Å². The van der Waals surface area contributed by atoms with Gasteiger partial charge >= 0.3 is 6.09 Å². The third kappa shape index (κ3) is 7.43. The first-order valence-corrected chi connectivity index (χ1v) is 14.2. The number of carbonyl (C=O) groups excluding carboxylic acids is 2.